The second kappa shape index (κ2) is 56.1. The summed E-state index contributed by atoms with van der Waals surface area (Å²) in [5, 5.41) is 30.1. The monoisotopic (exact) mass is 2490 g/mol. The van der Waals surface area contributed by atoms with Crippen molar-refractivity contribution >= 4 is 233 Å². The number of carbonyl (C=O) groups excluding carboxylic acids is 5. The van der Waals surface area contributed by atoms with E-state index in [4.69, 9.17) is 110 Å². The van der Waals surface area contributed by atoms with Crippen LogP contribution in [0.1, 0.15) is 97.3 Å². The maximum absolute atomic E-state index is 13.0. The second-order valence-electron chi connectivity index (χ2n) is 26.7. The third-order valence-electron chi connectivity index (χ3n) is 17.8. The molecule has 31 nitrogen and oxygen atoms in total. The van der Waals surface area contributed by atoms with Gasteiger partial charge in [-0.2, -0.15) is 65.9 Å². The van der Waals surface area contributed by atoms with Gasteiger partial charge in [-0.3, -0.25) is 14.4 Å². The zero-order valence-corrected chi connectivity index (χ0v) is 87.4. The van der Waals surface area contributed by atoms with E-state index in [-0.39, 0.29) is 132 Å². The van der Waals surface area contributed by atoms with Crippen molar-refractivity contribution in [2.75, 3.05) is 64.0 Å². The van der Waals surface area contributed by atoms with Gasteiger partial charge in [-0.15, -0.1) is 0 Å². The zero-order valence-electron chi connectivity index (χ0n) is 75.0. The normalized spacial score (nSPS) is 13.6. The van der Waals surface area contributed by atoms with E-state index in [1.807, 2.05) is 0 Å². The van der Waals surface area contributed by atoms with Gasteiger partial charge in [-0.05, 0) is 178 Å². The summed E-state index contributed by atoms with van der Waals surface area (Å²) < 4.78 is 269. The average Bonchev–Trinajstić information content (AvgIpc) is 1.49. The SMILES string of the molecule is C=C(OC)c1nc(-c2ccc(OC)c3nc(C(F)(F)F)ccc23)oc1C.COC(=O)C(NC(=O)c1ccc(OC)c2nc(C(F)(F)F)ccc12)[C@@H](C)O.COC(=O)[C@@H](N)[C@@H](C)O.COC(=O)[C@H]1N=C(c2ccc(OC)c3nc(C(F)(F)F)ccc23)O[C@H]1C.COc1ccc(C(=O)Cl)c2ccc(C(F)(F)F)nc12.COc1ccc(C(=O)O)c2ccc(C(F)(F)F)nc12.ClC(Cl)(Cl)Br.O=S(Cl)Cl.O=S(Cl)Cl.[2H][B].[U]. The number of ether oxygens (including phenoxy) is 10. The van der Waals surface area contributed by atoms with E-state index in [9.17, 15) is 99.7 Å². The molecule has 59 heteroatoms. The van der Waals surface area contributed by atoms with Gasteiger partial charge in [-0.25, -0.2) is 57.7 Å². The number of aromatic carboxylic acids is 1. The van der Waals surface area contributed by atoms with Gasteiger partial charge in [0.1, 0.15) is 114 Å². The van der Waals surface area contributed by atoms with E-state index >= 15 is 0 Å². The number of oxazole rings is 1. The molecule has 0 saturated heterocycles. The number of aromatic nitrogens is 6. The van der Waals surface area contributed by atoms with Gasteiger partial charge in [0.15, 0.2) is 12.1 Å². The van der Waals surface area contributed by atoms with Crippen LogP contribution >= 0.6 is 105 Å². The number of pyridine rings is 5. The standard InChI is InChI=1S/C18H15F3N2O3.C17H17F3N2O5.C17H15F3N2O4.C12H7ClF3NO2.C12H8F3NO3.C5H11NO3.CBrCl3.BH.2Cl2OS.U/c1-9(24-3)15-10(2)26-17(23-15)12-5-7-13(25-4)16-11(12)6-8-14(22-16)18(19,20)21;1-8(23)13(16(25)27-3)22-15(24)10-4-6-11(26-2)14-9(10)5-7-12(21-14)17(18,19)20;1-8-13(16(23)25-3)22-15(26-8)10-4-6-11(24-2)14-9(10)5-7-12(21-14)17(18,19)20;1-19-8-4-2-7(11(13)18)6-3-5-9(12(14,15)16)17-10(6)8;1-19-8-4-2-7(11(17)18)6-3-5-9(12(13,14)15)16-10(6)8;1-3(7)4(6)5(8)9-2;2-1(3,4)5;;2*1-4(2)3;/h5-8H,1H2,2-4H3;4-8,13,23H,1-3H3,(H,22,24);4-8,13H,1-3H3;2-5H,1H3;2-5H,1H3,(H,17,18);3-4,7H,6H2,1-2H3;;1H;;;/t;8-,13?;8-,13-;;;3-,4+;;;;;/m.10..1...../s1/i;;;;;;;1D;;;. The van der Waals surface area contributed by atoms with Crippen molar-refractivity contribution in [3.8, 4) is 40.2 Å². The quantitative estimate of drug-likeness (QED) is 0.0101. The third-order valence-corrected chi connectivity index (χ3v) is 18.0. The third kappa shape index (κ3) is 37.2. The molecule has 1 aliphatic rings. The largest absolute Gasteiger partial charge is 0.495 e. The number of esters is 3. The number of hydrogen-bond acceptors (Lipinski definition) is 29. The molecule has 5 aromatic carbocycles. The molecule has 0 spiro atoms. The number of aliphatic hydroxyl groups is 2. The van der Waals surface area contributed by atoms with E-state index in [0.29, 0.717) is 39.1 Å². The van der Waals surface area contributed by atoms with E-state index in [2.05, 4.69) is 128 Å². The number of amides is 1. The van der Waals surface area contributed by atoms with Gasteiger partial charge < -0.3 is 78.2 Å². The summed E-state index contributed by atoms with van der Waals surface area (Å²) >= 11 is 23.0. The average molecular weight is 2500 g/mol. The van der Waals surface area contributed by atoms with Gasteiger partial charge in [0, 0.05) is 131 Å². The Hall–Kier alpha value is -9.56. The van der Waals surface area contributed by atoms with E-state index < -0.39 is 152 Å². The molecule has 11 aromatic rings. The molecule has 6 N–H and O–H groups in total. The number of aliphatic hydroxyl groups excluding tert-OH is 2. The molecule has 2 radical (unpaired) electrons. The topological polar surface area (TPSA) is 430 Å². The molecule has 1 aliphatic heterocycles. The van der Waals surface area contributed by atoms with Gasteiger partial charge in [0.2, 0.25) is 32.9 Å². The van der Waals surface area contributed by atoms with Crippen molar-refractivity contribution in [2.45, 2.75) is 97.7 Å². The molecular weight excluding hydrogens is 2420 g/mol. The smallest absolute Gasteiger partial charge is 0.433 e. The molecule has 766 valence electrons. The molecular formula is C82H74BBrCl8F15N9O22S2U. The number of hydrogen-bond donors (Lipinski definition) is 5. The molecule has 6 aromatic heterocycles. The Bertz CT molecular complexity index is 6200. The number of carbonyl (C=O) groups is 6. The van der Waals surface area contributed by atoms with Crippen LogP contribution in [0.15, 0.2) is 137 Å². The summed E-state index contributed by atoms with van der Waals surface area (Å²) in [6, 6.07) is 21.0. The van der Waals surface area contributed by atoms with Crippen molar-refractivity contribution in [3.63, 3.8) is 0 Å². The first-order valence-electron chi connectivity index (χ1n) is 38.0. The van der Waals surface area contributed by atoms with Crippen molar-refractivity contribution in [2.24, 2.45) is 10.7 Å². The molecule has 7 heterocycles. The molecule has 6 atom stereocenters. The summed E-state index contributed by atoms with van der Waals surface area (Å²) in [5.74, 6) is -2.18. The number of aryl methyl sites for hydroxylation is 1. The number of aliphatic imine (C=N–C) groups is 1. The van der Waals surface area contributed by atoms with Crippen LogP contribution in [0, 0.1) is 38.0 Å². The Morgan fingerprint density at radius 1 is 0.496 bits per heavy atom. The van der Waals surface area contributed by atoms with Crippen LogP contribution in [0.4, 0.5) is 65.9 Å². The van der Waals surface area contributed by atoms with Gasteiger partial charge in [-0.1, -0.05) is 41.4 Å². The Balaban J connectivity index is 0.000000568. The van der Waals surface area contributed by atoms with Gasteiger partial charge in [0.05, 0.1) is 81.8 Å². The molecule has 1 unspecified atom stereocenters. The Morgan fingerprint density at radius 2 is 0.801 bits per heavy atom. The summed E-state index contributed by atoms with van der Waals surface area (Å²) in [6.07, 6.45) is -25.6. The first-order valence-corrected chi connectivity index (χ1v) is 45.3. The number of nitrogens with one attached hydrogen (secondary N) is 1. The number of fused-ring (bicyclic) bond motifs is 5. The summed E-state index contributed by atoms with van der Waals surface area (Å²) in [5.41, 5.74) is 0.834. The first kappa shape index (κ1) is 126. The van der Waals surface area contributed by atoms with E-state index in [1.165, 1.54) is 131 Å². The number of nitrogens with zero attached hydrogens (tertiary/aromatic N) is 7. The molecule has 0 bridgehead atoms. The van der Waals surface area contributed by atoms with Crippen LogP contribution < -0.4 is 34.7 Å². The predicted molar refractivity (Wildman–Crippen MR) is 495 cm³/mol. The molecule has 0 fully saturated rings. The number of alkyl halides is 19. The zero-order chi connectivity index (χ0) is 108. The minimum atomic E-state index is -4.67. The fourth-order valence-electron chi connectivity index (χ4n) is 11.4. The van der Waals surface area contributed by atoms with Crippen LogP contribution in [0.2, 0.25) is 0 Å². The number of carboxylic acids is 1. The van der Waals surface area contributed by atoms with Crippen LogP contribution in [0.5, 0.6) is 28.7 Å². The van der Waals surface area contributed by atoms with Gasteiger partial charge >= 0.3 is 54.8 Å². The molecule has 0 saturated carbocycles. The number of rotatable bonds is 18. The van der Waals surface area contributed by atoms with Crippen LogP contribution in [0.3, 0.4) is 0 Å². The fraction of sp³-hybridized carbons (Fsp3) is 0.305. The Kier molecular flexibility index (Phi) is 49.9. The van der Waals surface area contributed by atoms with E-state index in [0.717, 1.165) is 55.6 Å². The minimum absolute atomic E-state index is 0. The minimum Gasteiger partial charge on any atom is -0.495 e. The molecule has 0 aliphatic carbocycles. The predicted octanol–water partition coefficient (Wildman–Crippen LogP) is 19.3. The van der Waals surface area contributed by atoms with Crippen LogP contribution in [-0.2, 0) is 87.4 Å². The van der Waals surface area contributed by atoms with E-state index in [1.54, 1.807) is 26.0 Å². The number of methoxy groups -OCH3 is 9. The molecule has 141 heavy (non-hydrogen) atoms. The van der Waals surface area contributed by atoms with Gasteiger partial charge in [0.25, 0.3) is 11.1 Å². The van der Waals surface area contributed by atoms with Crippen molar-refractivity contribution in [1.82, 2.24) is 35.2 Å². The number of nitrogens with two attached hydrogens (primary N) is 1. The van der Waals surface area contributed by atoms with Crippen molar-refractivity contribution in [1.29, 1.82) is 1.34 Å². The maximum atomic E-state index is 13.0. The Labute approximate surface area is 866 Å². The van der Waals surface area contributed by atoms with Crippen LogP contribution in [0.25, 0.3) is 71.7 Å². The molecule has 12 rings (SSSR count). The fourth-order valence-corrected chi connectivity index (χ4v) is 11.6. The number of halogens is 24. The summed E-state index contributed by atoms with van der Waals surface area (Å²) in [4.78, 5) is 95.1. The Morgan fingerprint density at radius 3 is 1.10 bits per heavy atom. The second-order valence-corrected chi connectivity index (χ2v) is 36.9. The van der Waals surface area contributed by atoms with Crippen LogP contribution in [-0.4, -0.2) is 207 Å². The first-order chi connectivity index (χ1) is 65.3. The maximum Gasteiger partial charge on any atom is 0.433 e. The summed E-state index contributed by atoms with van der Waals surface area (Å²) in [6.45, 7) is 9.81. The van der Waals surface area contributed by atoms with Crippen molar-refractivity contribution in [3.05, 3.63) is 190 Å². The summed E-state index contributed by atoms with van der Waals surface area (Å²) in [7, 11) is 30.0. The molecule has 1 amide bonds. The number of carboxylic acid groups (broad SMARTS) is 1. The number of benzene rings is 5. The van der Waals surface area contributed by atoms with Crippen molar-refractivity contribution < 1.29 is 201 Å².